The van der Waals surface area contributed by atoms with E-state index in [1.54, 1.807) is 4.90 Å². The lowest BCUT2D eigenvalue weighted by atomic mass is 9.93. The Balaban J connectivity index is 1.50. The fourth-order valence-corrected chi connectivity index (χ4v) is 5.33. The number of amides is 3. The van der Waals surface area contributed by atoms with Gasteiger partial charge in [-0.25, -0.2) is 0 Å². The van der Waals surface area contributed by atoms with Gasteiger partial charge in [-0.05, 0) is 56.2 Å². The van der Waals surface area contributed by atoms with Crippen LogP contribution in [0.1, 0.15) is 74.9 Å². The van der Waals surface area contributed by atoms with Crippen LogP contribution in [0, 0.1) is 5.92 Å². The molecule has 2 fully saturated rings. The molecule has 0 saturated carbocycles. The van der Waals surface area contributed by atoms with Crippen molar-refractivity contribution >= 4 is 17.7 Å². The van der Waals surface area contributed by atoms with Crippen molar-refractivity contribution in [3.8, 4) is 0 Å². The van der Waals surface area contributed by atoms with Crippen molar-refractivity contribution in [3.63, 3.8) is 0 Å². The molecular formula is C25H36N4O3. The predicted molar refractivity (Wildman–Crippen MR) is 123 cm³/mol. The third kappa shape index (κ3) is 4.59. The van der Waals surface area contributed by atoms with Crippen LogP contribution < -0.4 is 10.6 Å². The van der Waals surface area contributed by atoms with Crippen molar-refractivity contribution in [1.82, 2.24) is 20.4 Å². The molecule has 3 aliphatic rings. The van der Waals surface area contributed by atoms with Gasteiger partial charge in [0.1, 0.15) is 6.04 Å². The van der Waals surface area contributed by atoms with E-state index in [0.717, 1.165) is 30.6 Å². The number of fused-ring (bicyclic) bond motifs is 1. The largest absolute Gasteiger partial charge is 0.322 e. The van der Waals surface area contributed by atoms with Gasteiger partial charge in [-0.2, -0.15) is 0 Å². The molecule has 1 aromatic carbocycles. The van der Waals surface area contributed by atoms with Crippen molar-refractivity contribution < 1.29 is 14.4 Å². The molecule has 0 aromatic heterocycles. The van der Waals surface area contributed by atoms with E-state index in [0.29, 0.717) is 42.6 Å². The highest BCUT2D eigenvalue weighted by atomic mass is 16.2. The summed E-state index contributed by atoms with van der Waals surface area (Å²) < 4.78 is 0. The van der Waals surface area contributed by atoms with Gasteiger partial charge in [0.15, 0.2) is 0 Å². The second-order valence-electron chi connectivity index (χ2n) is 10.1. The van der Waals surface area contributed by atoms with Crippen LogP contribution in [0.25, 0.3) is 0 Å². The first-order chi connectivity index (χ1) is 15.2. The van der Waals surface area contributed by atoms with Gasteiger partial charge in [0.2, 0.25) is 11.8 Å². The standard InChI is InChI=1S/C25H36N4O3/c1-15(2)5-8-21-17(4)26-12-16(3)28(21)13-18-6-7-19-14-29(25(32)20(19)11-18)22-9-10-23(30)27-24(22)31/h6-7,11,15-17,21-22,26H,5,8-10,12-14H2,1-4H3,(H,27,30,31). The summed E-state index contributed by atoms with van der Waals surface area (Å²) in [5.74, 6) is -0.0464. The van der Waals surface area contributed by atoms with Gasteiger partial charge in [-0.1, -0.05) is 26.0 Å². The molecule has 4 unspecified atom stereocenters. The molecule has 7 nitrogen and oxygen atoms in total. The minimum absolute atomic E-state index is 0.102. The van der Waals surface area contributed by atoms with E-state index in [9.17, 15) is 14.4 Å². The Kier molecular flexibility index (Phi) is 6.67. The first-order valence-corrected chi connectivity index (χ1v) is 12.0. The molecule has 0 aliphatic carbocycles. The van der Waals surface area contributed by atoms with Crippen LogP contribution in [0.5, 0.6) is 0 Å². The molecule has 1 aromatic rings. The quantitative estimate of drug-likeness (QED) is 0.664. The molecule has 3 aliphatic heterocycles. The number of carbonyl (C=O) groups excluding carboxylic acids is 3. The highest BCUT2D eigenvalue weighted by Crippen LogP contribution is 2.30. The number of nitrogens with zero attached hydrogens (tertiary/aromatic N) is 2. The number of hydrogen-bond acceptors (Lipinski definition) is 5. The van der Waals surface area contributed by atoms with Crippen molar-refractivity contribution in [3.05, 3.63) is 34.9 Å². The van der Waals surface area contributed by atoms with Crippen molar-refractivity contribution in [2.45, 2.75) is 90.6 Å². The summed E-state index contributed by atoms with van der Waals surface area (Å²) in [4.78, 5) is 41.1. The van der Waals surface area contributed by atoms with Crippen molar-refractivity contribution in [2.75, 3.05) is 6.54 Å². The van der Waals surface area contributed by atoms with Crippen LogP contribution >= 0.6 is 0 Å². The number of nitrogens with one attached hydrogen (secondary N) is 2. The molecule has 4 atom stereocenters. The topological polar surface area (TPSA) is 81.8 Å². The number of imide groups is 1. The molecule has 174 valence electrons. The fraction of sp³-hybridized carbons (Fsp3) is 0.640. The maximum Gasteiger partial charge on any atom is 0.255 e. The predicted octanol–water partition coefficient (Wildman–Crippen LogP) is 2.43. The zero-order valence-electron chi connectivity index (χ0n) is 19.7. The summed E-state index contributed by atoms with van der Waals surface area (Å²) in [6.07, 6.45) is 3.02. The lowest BCUT2D eigenvalue weighted by Gasteiger charge is -2.45. The normalized spacial score (nSPS) is 28.9. The highest BCUT2D eigenvalue weighted by molar-refractivity contribution is 6.05. The molecule has 2 saturated heterocycles. The first kappa shape index (κ1) is 22.9. The summed E-state index contributed by atoms with van der Waals surface area (Å²) in [7, 11) is 0. The van der Waals surface area contributed by atoms with Crippen LogP contribution in [0.3, 0.4) is 0 Å². The second-order valence-corrected chi connectivity index (χ2v) is 10.1. The Morgan fingerprint density at radius 2 is 1.94 bits per heavy atom. The van der Waals surface area contributed by atoms with Crippen molar-refractivity contribution in [1.29, 1.82) is 0 Å². The molecule has 0 radical (unpaired) electrons. The lowest BCUT2D eigenvalue weighted by molar-refractivity contribution is -0.136. The number of rotatable bonds is 6. The maximum atomic E-state index is 13.2. The number of piperazine rings is 1. The zero-order chi connectivity index (χ0) is 23.0. The van der Waals surface area contributed by atoms with Crippen LogP contribution in [0.2, 0.25) is 0 Å². The van der Waals surface area contributed by atoms with Gasteiger partial charge in [0, 0.05) is 49.7 Å². The van der Waals surface area contributed by atoms with Gasteiger partial charge < -0.3 is 10.2 Å². The Labute approximate surface area is 190 Å². The summed E-state index contributed by atoms with van der Waals surface area (Å²) in [5.41, 5.74) is 2.79. The van der Waals surface area contributed by atoms with Gasteiger partial charge in [0.25, 0.3) is 5.91 Å². The summed E-state index contributed by atoms with van der Waals surface area (Å²) in [5, 5.41) is 6.02. The highest BCUT2D eigenvalue weighted by Gasteiger charge is 2.39. The fourth-order valence-electron chi connectivity index (χ4n) is 5.33. The van der Waals surface area contributed by atoms with Gasteiger partial charge in [0.05, 0.1) is 0 Å². The maximum absolute atomic E-state index is 13.2. The van der Waals surface area contributed by atoms with Crippen molar-refractivity contribution in [2.24, 2.45) is 5.92 Å². The van der Waals surface area contributed by atoms with Crippen LogP contribution in [0.4, 0.5) is 0 Å². The molecule has 3 heterocycles. The molecule has 32 heavy (non-hydrogen) atoms. The average Bonchev–Trinajstić information content (AvgIpc) is 3.06. The van der Waals surface area contributed by atoms with Gasteiger partial charge in [-0.3, -0.25) is 24.6 Å². The molecule has 2 N–H and O–H groups in total. The molecule has 3 amide bonds. The van der Waals surface area contributed by atoms with Crippen LogP contribution in [-0.4, -0.2) is 58.2 Å². The Hall–Kier alpha value is -2.25. The third-order valence-electron chi connectivity index (χ3n) is 7.30. The van der Waals surface area contributed by atoms with E-state index in [-0.39, 0.29) is 24.1 Å². The van der Waals surface area contributed by atoms with Crippen LogP contribution in [-0.2, 0) is 22.7 Å². The Morgan fingerprint density at radius 1 is 1.16 bits per heavy atom. The number of piperidine rings is 1. The summed E-state index contributed by atoms with van der Waals surface area (Å²) in [6.45, 7) is 11.3. The van der Waals surface area contributed by atoms with E-state index in [1.807, 2.05) is 12.1 Å². The minimum atomic E-state index is -0.564. The monoisotopic (exact) mass is 440 g/mol. The average molecular weight is 441 g/mol. The summed E-state index contributed by atoms with van der Waals surface area (Å²) in [6, 6.07) is 6.93. The first-order valence-electron chi connectivity index (χ1n) is 12.0. The Morgan fingerprint density at radius 3 is 2.66 bits per heavy atom. The number of carbonyl (C=O) groups is 3. The number of benzene rings is 1. The Bertz CT molecular complexity index is 899. The molecular weight excluding hydrogens is 404 g/mol. The smallest absolute Gasteiger partial charge is 0.255 e. The molecule has 0 bridgehead atoms. The molecule has 0 spiro atoms. The third-order valence-corrected chi connectivity index (χ3v) is 7.30. The van der Waals surface area contributed by atoms with Crippen LogP contribution in [0.15, 0.2) is 18.2 Å². The summed E-state index contributed by atoms with van der Waals surface area (Å²) >= 11 is 0. The van der Waals surface area contributed by atoms with E-state index in [1.165, 1.54) is 6.42 Å². The number of hydrogen-bond donors (Lipinski definition) is 2. The molecule has 7 heteroatoms. The van der Waals surface area contributed by atoms with E-state index in [4.69, 9.17) is 0 Å². The second kappa shape index (κ2) is 9.32. The lowest BCUT2D eigenvalue weighted by Crippen LogP contribution is -2.60. The SMILES string of the molecule is CC(C)CCC1C(C)NCC(C)N1Cc1ccc2c(c1)C(=O)N(C1CCC(=O)NC1=O)C2. The van der Waals surface area contributed by atoms with Gasteiger partial charge in [-0.15, -0.1) is 0 Å². The van der Waals surface area contributed by atoms with Gasteiger partial charge >= 0.3 is 0 Å². The van der Waals surface area contributed by atoms with E-state index >= 15 is 0 Å². The van der Waals surface area contributed by atoms with E-state index in [2.05, 4.69) is 49.3 Å². The molecule has 4 rings (SSSR count). The minimum Gasteiger partial charge on any atom is -0.322 e. The zero-order valence-corrected chi connectivity index (χ0v) is 19.7. The van der Waals surface area contributed by atoms with E-state index < -0.39 is 6.04 Å².